The van der Waals surface area contributed by atoms with Crippen LogP contribution in [0.4, 0.5) is 0 Å². The van der Waals surface area contributed by atoms with Gasteiger partial charge in [0, 0.05) is 30.4 Å². The molecule has 4 aromatic rings. The Morgan fingerprint density at radius 3 is 2.69 bits per heavy atom. The van der Waals surface area contributed by atoms with Gasteiger partial charge in [-0.1, -0.05) is 42.5 Å². The van der Waals surface area contributed by atoms with Gasteiger partial charge in [-0.2, -0.15) is 0 Å². The van der Waals surface area contributed by atoms with E-state index < -0.39 is 0 Å². The standard InChI is InChI=1S/C22H20N2O2/c1-15(25)23-12-11-17-7-4-6-16-9-10-19(14-20(16)17)26-22-13-18-5-2-3-8-21(18)24-22/h2-10,13-14,24H,11-12H2,1H3,(H,23,25). The van der Waals surface area contributed by atoms with Gasteiger partial charge < -0.3 is 15.0 Å². The molecule has 1 amide bonds. The minimum Gasteiger partial charge on any atom is -0.441 e. The Kier molecular flexibility index (Phi) is 4.32. The number of carbonyl (C=O) groups excluding carboxylic acids is 1. The third-order valence-electron chi connectivity index (χ3n) is 4.45. The molecule has 1 heterocycles. The van der Waals surface area contributed by atoms with Crippen molar-refractivity contribution < 1.29 is 9.53 Å². The van der Waals surface area contributed by atoms with Crippen LogP contribution in [0.15, 0.2) is 66.7 Å². The molecular formula is C22H20N2O2. The van der Waals surface area contributed by atoms with Crippen LogP contribution in [0.1, 0.15) is 12.5 Å². The number of benzene rings is 3. The van der Waals surface area contributed by atoms with Crippen LogP contribution in [0.25, 0.3) is 21.7 Å². The molecule has 0 aliphatic heterocycles. The topological polar surface area (TPSA) is 54.1 Å². The number of hydrogen-bond donors (Lipinski definition) is 2. The maximum atomic E-state index is 11.1. The summed E-state index contributed by atoms with van der Waals surface area (Å²) in [6, 6.07) is 22.4. The number of hydrogen-bond acceptors (Lipinski definition) is 2. The van der Waals surface area contributed by atoms with Crippen LogP contribution in [0.2, 0.25) is 0 Å². The van der Waals surface area contributed by atoms with Crippen molar-refractivity contribution in [3.05, 3.63) is 72.3 Å². The summed E-state index contributed by atoms with van der Waals surface area (Å²) in [5.41, 5.74) is 2.25. The normalized spacial score (nSPS) is 11.0. The third kappa shape index (κ3) is 3.40. The summed E-state index contributed by atoms with van der Waals surface area (Å²) in [4.78, 5) is 14.4. The van der Waals surface area contributed by atoms with Crippen molar-refractivity contribution >= 4 is 27.6 Å². The number of aromatic nitrogens is 1. The maximum absolute atomic E-state index is 11.1. The first-order valence-electron chi connectivity index (χ1n) is 8.71. The largest absolute Gasteiger partial charge is 0.441 e. The number of amides is 1. The molecule has 0 atom stereocenters. The molecule has 0 unspecified atom stereocenters. The average Bonchev–Trinajstić information content (AvgIpc) is 3.04. The smallest absolute Gasteiger partial charge is 0.216 e. The third-order valence-corrected chi connectivity index (χ3v) is 4.45. The van der Waals surface area contributed by atoms with Gasteiger partial charge in [0.2, 0.25) is 5.91 Å². The number of fused-ring (bicyclic) bond motifs is 2. The predicted molar refractivity (Wildman–Crippen MR) is 105 cm³/mol. The second-order valence-electron chi connectivity index (χ2n) is 6.36. The van der Waals surface area contributed by atoms with E-state index in [0.29, 0.717) is 6.54 Å². The minimum atomic E-state index is -0.00642. The number of ether oxygens (including phenoxy) is 1. The zero-order valence-electron chi connectivity index (χ0n) is 14.6. The molecule has 0 bridgehead atoms. The molecule has 2 N–H and O–H groups in total. The molecule has 1 aromatic heterocycles. The first-order valence-corrected chi connectivity index (χ1v) is 8.71. The van der Waals surface area contributed by atoms with Gasteiger partial charge in [0.1, 0.15) is 5.75 Å². The lowest BCUT2D eigenvalue weighted by molar-refractivity contribution is -0.118. The Balaban J connectivity index is 1.62. The van der Waals surface area contributed by atoms with E-state index in [1.165, 1.54) is 12.5 Å². The van der Waals surface area contributed by atoms with Crippen LogP contribution in [0.3, 0.4) is 0 Å². The summed E-state index contributed by atoms with van der Waals surface area (Å²) in [5, 5.41) is 6.28. The van der Waals surface area contributed by atoms with E-state index in [1.54, 1.807) is 0 Å². The second-order valence-corrected chi connectivity index (χ2v) is 6.36. The van der Waals surface area contributed by atoms with Gasteiger partial charge in [0.15, 0.2) is 5.88 Å². The molecule has 4 heteroatoms. The lowest BCUT2D eigenvalue weighted by atomic mass is 10.0. The van der Waals surface area contributed by atoms with Crippen molar-refractivity contribution in [1.82, 2.24) is 10.3 Å². The summed E-state index contributed by atoms with van der Waals surface area (Å²) in [6.07, 6.45) is 0.784. The number of H-pyrrole nitrogens is 1. The van der Waals surface area contributed by atoms with E-state index in [1.807, 2.05) is 36.4 Å². The predicted octanol–water partition coefficient (Wildman–Crippen LogP) is 4.79. The monoisotopic (exact) mass is 344 g/mol. The van der Waals surface area contributed by atoms with Crippen LogP contribution in [-0.4, -0.2) is 17.4 Å². The number of rotatable bonds is 5. The fraction of sp³-hybridized carbons (Fsp3) is 0.136. The summed E-state index contributed by atoms with van der Waals surface area (Å²) in [5.74, 6) is 1.50. The first kappa shape index (κ1) is 16.2. The molecule has 0 fully saturated rings. The van der Waals surface area contributed by atoms with E-state index in [0.717, 1.165) is 39.7 Å². The van der Waals surface area contributed by atoms with E-state index in [2.05, 4.69) is 40.6 Å². The van der Waals surface area contributed by atoms with Crippen molar-refractivity contribution in [2.24, 2.45) is 0 Å². The summed E-state index contributed by atoms with van der Waals surface area (Å²) in [6.45, 7) is 2.16. The van der Waals surface area contributed by atoms with Crippen molar-refractivity contribution in [3.63, 3.8) is 0 Å². The maximum Gasteiger partial charge on any atom is 0.216 e. The molecule has 130 valence electrons. The molecule has 0 saturated heterocycles. The van der Waals surface area contributed by atoms with Crippen LogP contribution < -0.4 is 10.1 Å². The van der Waals surface area contributed by atoms with Crippen LogP contribution in [0, 0.1) is 0 Å². The first-order chi connectivity index (χ1) is 12.7. The SMILES string of the molecule is CC(=O)NCCc1cccc2ccc(Oc3cc4ccccc4[nH]3)cc12. The number of aromatic amines is 1. The molecule has 0 radical (unpaired) electrons. The van der Waals surface area contributed by atoms with Crippen molar-refractivity contribution in [2.45, 2.75) is 13.3 Å². The highest BCUT2D eigenvalue weighted by molar-refractivity contribution is 5.87. The highest BCUT2D eigenvalue weighted by atomic mass is 16.5. The minimum absolute atomic E-state index is 0.00642. The van der Waals surface area contributed by atoms with E-state index >= 15 is 0 Å². The summed E-state index contributed by atoms with van der Waals surface area (Å²) >= 11 is 0. The summed E-state index contributed by atoms with van der Waals surface area (Å²) in [7, 11) is 0. The molecule has 4 nitrogen and oxygen atoms in total. The molecule has 0 saturated carbocycles. The van der Waals surface area contributed by atoms with Crippen molar-refractivity contribution in [3.8, 4) is 11.6 Å². The quantitative estimate of drug-likeness (QED) is 0.547. The fourth-order valence-corrected chi connectivity index (χ4v) is 3.20. The van der Waals surface area contributed by atoms with E-state index in [9.17, 15) is 4.79 Å². The zero-order valence-corrected chi connectivity index (χ0v) is 14.6. The van der Waals surface area contributed by atoms with Gasteiger partial charge in [-0.05, 0) is 41.0 Å². The molecule has 26 heavy (non-hydrogen) atoms. The number of nitrogens with one attached hydrogen (secondary N) is 2. The second kappa shape index (κ2) is 6.92. The highest BCUT2D eigenvalue weighted by Gasteiger charge is 2.06. The zero-order chi connectivity index (χ0) is 17.9. The molecule has 0 aliphatic rings. The average molecular weight is 344 g/mol. The molecule has 3 aromatic carbocycles. The number of carbonyl (C=O) groups is 1. The lowest BCUT2D eigenvalue weighted by Gasteiger charge is -2.09. The Hall–Kier alpha value is -3.27. The van der Waals surface area contributed by atoms with Crippen molar-refractivity contribution in [1.29, 1.82) is 0 Å². The van der Waals surface area contributed by atoms with Gasteiger partial charge in [0.05, 0.1) is 0 Å². The Labute approximate surface area is 151 Å². The van der Waals surface area contributed by atoms with Crippen molar-refractivity contribution in [2.75, 3.05) is 6.54 Å². The molecule has 0 spiro atoms. The molecular weight excluding hydrogens is 324 g/mol. The van der Waals surface area contributed by atoms with Gasteiger partial charge in [-0.25, -0.2) is 0 Å². The Morgan fingerprint density at radius 2 is 1.85 bits per heavy atom. The van der Waals surface area contributed by atoms with E-state index in [-0.39, 0.29) is 5.91 Å². The molecule has 0 aliphatic carbocycles. The number of para-hydroxylation sites is 1. The molecule has 4 rings (SSSR count). The van der Waals surface area contributed by atoms with Gasteiger partial charge in [-0.3, -0.25) is 4.79 Å². The fourth-order valence-electron chi connectivity index (χ4n) is 3.20. The lowest BCUT2D eigenvalue weighted by Crippen LogP contribution is -2.22. The Bertz CT molecular complexity index is 1050. The van der Waals surface area contributed by atoms with Crippen LogP contribution in [0.5, 0.6) is 11.6 Å². The van der Waals surface area contributed by atoms with Gasteiger partial charge in [0.25, 0.3) is 0 Å². The van der Waals surface area contributed by atoms with Gasteiger partial charge in [-0.15, -0.1) is 0 Å². The van der Waals surface area contributed by atoms with E-state index in [4.69, 9.17) is 4.74 Å². The summed E-state index contributed by atoms with van der Waals surface area (Å²) < 4.78 is 6.04. The highest BCUT2D eigenvalue weighted by Crippen LogP contribution is 2.29. The van der Waals surface area contributed by atoms with Gasteiger partial charge >= 0.3 is 0 Å². The Morgan fingerprint density at radius 1 is 1.00 bits per heavy atom. The van der Waals surface area contributed by atoms with Crippen LogP contribution >= 0.6 is 0 Å². The van der Waals surface area contributed by atoms with Crippen LogP contribution in [-0.2, 0) is 11.2 Å².